The molecule has 0 aliphatic heterocycles. The predicted octanol–water partition coefficient (Wildman–Crippen LogP) is 4.58. The molecule has 1 N–H and O–H groups in total. The van der Waals surface area contributed by atoms with E-state index < -0.39 is 0 Å². The first-order valence-corrected chi connectivity index (χ1v) is 6.99. The minimum atomic E-state index is -0.155. The molecule has 0 spiro atoms. The van der Waals surface area contributed by atoms with Crippen molar-refractivity contribution in [2.45, 2.75) is 52.7 Å². The summed E-state index contributed by atoms with van der Waals surface area (Å²) in [6, 6.07) is 6.20. The second-order valence-electron chi connectivity index (χ2n) is 5.18. The van der Waals surface area contributed by atoms with Crippen LogP contribution in [-0.4, -0.2) is 12.1 Å². The summed E-state index contributed by atoms with van der Waals surface area (Å²) in [4.78, 5) is 0. The van der Waals surface area contributed by atoms with Crippen LogP contribution in [0.5, 0.6) is 5.75 Å². The van der Waals surface area contributed by atoms with Gasteiger partial charge in [-0.25, -0.2) is 0 Å². The van der Waals surface area contributed by atoms with Crippen LogP contribution in [0.3, 0.4) is 0 Å². The lowest BCUT2D eigenvalue weighted by Crippen LogP contribution is -2.26. The maximum absolute atomic E-state index is 6.31. The summed E-state index contributed by atoms with van der Waals surface area (Å²) in [7, 11) is 0. The van der Waals surface area contributed by atoms with E-state index in [1.54, 1.807) is 0 Å². The van der Waals surface area contributed by atoms with Crippen LogP contribution in [0.25, 0.3) is 0 Å². The van der Waals surface area contributed by atoms with Gasteiger partial charge in [0.15, 0.2) is 0 Å². The Morgan fingerprint density at radius 2 is 2.00 bits per heavy atom. The van der Waals surface area contributed by atoms with Crippen LogP contribution >= 0.6 is 11.6 Å². The molecule has 0 radical (unpaired) electrons. The van der Waals surface area contributed by atoms with Crippen molar-refractivity contribution in [3.8, 4) is 5.75 Å². The summed E-state index contributed by atoms with van der Waals surface area (Å²) in [6.07, 6.45) is 0.958. The molecule has 0 aliphatic carbocycles. The van der Waals surface area contributed by atoms with E-state index in [1.807, 2.05) is 18.2 Å². The molecule has 1 aromatic carbocycles. The van der Waals surface area contributed by atoms with Crippen molar-refractivity contribution < 1.29 is 4.74 Å². The fourth-order valence-electron chi connectivity index (χ4n) is 1.73. The number of hydrogen-bond acceptors (Lipinski definition) is 2. The van der Waals surface area contributed by atoms with E-state index >= 15 is 0 Å². The molecule has 0 fully saturated rings. The molecule has 0 amide bonds. The highest BCUT2D eigenvalue weighted by atomic mass is 35.5. The average molecular weight is 270 g/mol. The maximum Gasteiger partial charge on any atom is 0.121 e. The van der Waals surface area contributed by atoms with Crippen molar-refractivity contribution in [2.75, 3.05) is 6.54 Å². The molecule has 18 heavy (non-hydrogen) atoms. The predicted molar refractivity (Wildman–Crippen MR) is 78.5 cm³/mol. The summed E-state index contributed by atoms with van der Waals surface area (Å²) in [6.45, 7) is 11.4. The molecule has 0 heterocycles. The summed E-state index contributed by atoms with van der Waals surface area (Å²) in [5.74, 6) is 0.833. The van der Waals surface area contributed by atoms with Gasteiger partial charge >= 0.3 is 0 Å². The Bertz CT molecular complexity index is 390. The lowest BCUT2D eigenvalue weighted by atomic mass is 10.1. The molecule has 2 nitrogen and oxygen atoms in total. The van der Waals surface area contributed by atoms with Crippen LogP contribution in [0.2, 0.25) is 5.02 Å². The second kappa shape index (κ2) is 6.44. The lowest BCUT2D eigenvalue weighted by molar-refractivity contribution is 0.105. The number of rotatable bonds is 6. The van der Waals surface area contributed by atoms with Gasteiger partial charge in [-0.15, -0.1) is 0 Å². The number of nitrogens with one attached hydrogen (secondary N) is 1. The SMILES string of the molecule is CCNC(C)c1ccc(OC(C)(C)CC)cc1Cl. The normalized spacial score (nSPS) is 13.4. The third-order valence-electron chi connectivity index (χ3n) is 3.19. The van der Waals surface area contributed by atoms with E-state index in [0.29, 0.717) is 0 Å². The molecular formula is C15H24ClNO. The van der Waals surface area contributed by atoms with Crippen molar-refractivity contribution in [1.82, 2.24) is 5.32 Å². The lowest BCUT2D eigenvalue weighted by Gasteiger charge is -2.25. The van der Waals surface area contributed by atoms with Gasteiger partial charge in [0.05, 0.1) is 0 Å². The van der Waals surface area contributed by atoms with Crippen LogP contribution < -0.4 is 10.1 Å². The fraction of sp³-hybridized carbons (Fsp3) is 0.600. The molecule has 1 rings (SSSR count). The van der Waals surface area contributed by atoms with Gasteiger partial charge in [-0.05, 0) is 51.4 Å². The monoisotopic (exact) mass is 269 g/mol. The van der Waals surface area contributed by atoms with Crippen LogP contribution in [-0.2, 0) is 0 Å². The average Bonchev–Trinajstić information content (AvgIpc) is 2.29. The van der Waals surface area contributed by atoms with E-state index in [1.165, 1.54) is 0 Å². The molecule has 0 bridgehead atoms. The minimum Gasteiger partial charge on any atom is -0.488 e. The summed E-state index contributed by atoms with van der Waals surface area (Å²) < 4.78 is 5.92. The van der Waals surface area contributed by atoms with Crippen LogP contribution in [0, 0.1) is 0 Å². The van der Waals surface area contributed by atoms with Gasteiger partial charge in [0.1, 0.15) is 11.4 Å². The molecule has 102 valence electrons. The van der Waals surface area contributed by atoms with Gasteiger partial charge in [-0.2, -0.15) is 0 Å². The van der Waals surface area contributed by atoms with E-state index in [-0.39, 0.29) is 11.6 Å². The quantitative estimate of drug-likeness (QED) is 0.816. The summed E-state index contributed by atoms with van der Waals surface area (Å²) in [5, 5.41) is 4.11. The van der Waals surface area contributed by atoms with Crippen LogP contribution in [0.4, 0.5) is 0 Å². The number of hydrogen-bond donors (Lipinski definition) is 1. The first kappa shape index (κ1) is 15.3. The van der Waals surface area contributed by atoms with Crippen LogP contribution in [0.15, 0.2) is 18.2 Å². The van der Waals surface area contributed by atoms with Crippen molar-refractivity contribution in [1.29, 1.82) is 0 Å². The third kappa shape index (κ3) is 4.18. The van der Waals surface area contributed by atoms with Gasteiger partial charge in [0.25, 0.3) is 0 Å². The molecular weight excluding hydrogens is 246 g/mol. The van der Waals surface area contributed by atoms with Gasteiger partial charge in [0, 0.05) is 11.1 Å². The van der Waals surface area contributed by atoms with E-state index in [4.69, 9.17) is 16.3 Å². The van der Waals surface area contributed by atoms with Gasteiger partial charge < -0.3 is 10.1 Å². The zero-order valence-electron chi connectivity index (χ0n) is 12.0. The van der Waals surface area contributed by atoms with Crippen molar-refractivity contribution >= 4 is 11.6 Å². The Hall–Kier alpha value is -0.730. The third-order valence-corrected chi connectivity index (χ3v) is 3.52. The fourth-order valence-corrected chi connectivity index (χ4v) is 2.06. The largest absolute Gasteiger partial charge is 0.488 e. The summed E-state index contributed by atoms with van der Waals surface area (Å²) >= 11 is 6.31. The highest BCUT2D eigenvalue weighted by molar-refractivity contribution is 6.31. The minimum absolute atomic E-state index is 0.155. The topological polar surface area (TPSA) is 21.3 Å². The standard InChI is InChI=1S/C15H24ClNO/c1-6-15(4,5)18-12-8-9-13(14(16)10-12)11(3)17-7-2/h8-11,17H,6-7H2,1-5H3. The molecule has 1 unspecified atom stereocenters. The van der Waals surface area contributed by atoms with Gasteiger partial charge in [-0.3, -0.25) is 0 Å². The molecule has 0 saturated carbocycles. The number of benzene rings is 1. The maximum atomic E-state index is 6.31. The molecule has 0 aromatic heterocycles. The van der Waals surface area contributed by atoms with Crippen molar-refractivity contribution in [2.24, 2.45) is 0 Å². The Morgan fingerprint density at radius 3 is 2.50 bits per heavy atom. The molecule has 1 atom stereocenters. The Kier molecular flexibility index (Phi) is 5.48. The molecule has 0 saturated heterocycles. The Morgan fingerprint density at radius 1 is 1.33 bits per heavy atom. The van der Waals surface area contributed by atoms with Crippen LogP contribution in [0.1, 0.15) is 52.6 Å². The van der Waals surface area contributed by atoms with E-state index in [0.717, 1.165) is 29.3 Å². The zero-order chi connectivity index (χ0) is 13.8. The van der Waals surface area contributed by atoms with E-state index in [2.05, 4.69) is 39.9 Å². The van der Waals surface area contributed by atoms with E-state index in [9.17, 15) is 0 Å². The van der Waals surface area contributed by atoms with Gasteiger partial charge in [-0.1, -0.05) is 31.5 Å². The molecule has 3 heteroatoms. The highest BCUT2D eigenvalue weighted by Gasteiger charge is 2.18. The van der Waals surface area contributed by atoms with Crippen molar-refractivity contribution in [3.05, 3.63) is 28.8 Å². The van der Waals surface area contributed by atoms with Gasteiger partial charge in [0.2, 0.25) is 0 Å². The highest BCUT2D eigenvalue weighted by Crippen LogP contribution is 2.29. The smallest absolute Gasteiger partial charge is 0.121 e. The second-order valence-corrected chi connectivity index (χ2v) is 5.59. The molecule has 0 aliphatic rings. The number of halogens is 1. The first-order valence-electron chi connectivity index (χ1n) is 6.61. The first-order chi connectivity index (χ1) is 8.39. The summed E-state index contributed by atoms with van der Waals surface area (Å²) in [5.41, 5.74) is 0.957. The van der Waals surface area contributed by atoms with Crippen molar-refractivity contribution in [3.63, 3.8) is 0 Å². The molecule has 1 aromatic rings. The number of ether oxygens (including phenoxy) is 1. The Balaban J connectivity index is 2.85. The zero-order valence-corrected chi connectivity index (χ0v) is 12.8. The Labute approximate surface area is 116 Å².